The Kier molecular flexibility index (Phi) is 6.91. The van der Waals surface area contributed by atoms with E-state index in [-0.39, 0.29) is 11.6 Å². The van der Waals surface area contributed by atoms with Crippen molar-refractivity contribution < 1.29 is 5.11 Å². The molecule has 32 heavy (non-hydrogen) atoms. The predicted molar refractivity (Wildman–Crippen MR) is 132 cm³/mol. The zero-order chi connectivity index (χ0) is 22.6. The molecule has 0 aromatic heterocycles. The summed E-state index contributed by atoms with van der Waals surface area (Å²) in [5, 5.41) is 17.2. The van der Waals surface area contributed by atoms with Gasteiger partial charge in [0.05, 0.1) is 12.7 Å². The Hall–Kier alpha value is -2.71. The van der Waals surface area contributed by atoms with Gasteiger partial charge < -0.3 is 10.4 Å². The SMILES string of the molecule is [C-]#[N+]c1cccc(CN2CCCC2C(O)CNC(C)(C)Cc2ccc3ccccc3c2)c1. The molecule has 0 aliphatic carbocycles. The largest absolute Gasteiger partial charge is 0.390 e. The van der Waals surface area contributed by atoms with E-state index in [1.807, 2.05) is 18.2 Å². The fraction of sp³-hybridized carbons (Fsp3) is 0.393. The lowest BCUT2D eigenvalue weighted by atomic mass is 9.93. The van der Waals surface area contributed by atoms with Gasteiger partial charge in [-0.1, -0.05) is 66.7 Å². The fourth-order valence-electron chi connectivity index (χ4n) is 4.88. The second-order valence-electron chi connectivity index (χ2n) is 9.65. The Balaban J connectivity index is 1.34. The lowest BCUT2D eigenvalue weighted by Crippen LogP contribution is -2.50. The van der Waals surface area contributed by atoms with Crippen molar-refractivity contribution in [2.24, 2.45) is 0 Å². The fourth-order valence-corrected chi connectivity index (χ4v) is 4.88. The topological polar surface area (TPSA) is 39.9 Å². The maximum absolute atomic E-state index is 11.0. The van der Waals surface area contributed by atoms with Crippen molar-refractivity contribution in [3.8, 4) is 0 Å². The molecule has 1 saturated heterocycles. The molecule has 4 rings (SSSR count). The van der Waals surface area contributed by atoms with Gasteiger partial charge in [0.25, 0.3) is 0 Å². The minimum atomic E-state index is -0.419. The van der Waals surface area contributed by atoms with Crippen LogP contribution in [-0.4, -0.2) is 40.8 Å². The third-order valence-corrected chi connectivity index (χ3v) is 6.53. The first-order valence-electron chi connectivity index (χ1n) is 11.5. The Morgan fingerprint density at radius 2 is 1.88 bits per heavy atom. The molecule has 2 unspecified atom stereocenters. The second kappa shape index (κ2) is 9.83. The number of likely N-dealkylation sites (tertiary alicyclic amines) is 1. The monoisotopic (exact) mass is 427 g/mol. The number of benzene rings is 3. The van der Waals surface area contributed by atoms with Crippen LogP contribution >= 0.6 is 0 Å². The normalized spacial score (nSPS) is 18.0. The van der Waals surface area contributed by atoms with Gasteiger partial charge >= 0.3 is 0 Å². The molecule has 2 atom stereocenters. The number of rotatable bonds is 8. The minimum absolute atomic E-state index is 0.114. The summed E-state index contributed by atoms with van der Waals surface area (Å²) in [5.41, 5.74) is 3.01. The number of aliphatic hydroxyl groups excluding tert-OH is 1. The van der Waals surface area contributed by atoms with Crippen LogP contribution in [0.15, 0.2) is 66.7 Å². The molecule has 4 heteroatoms. The zero-order valence-electron chi connectivity index (χ0n) is 19.1. The van der Waals surface area contributed by atoms with E-state index >= 15 is 0 Å². The van der Waals surface area contributed by atoms with Crippen LogP contribution in [-0.2, 0) is 13.0 Å². The molecule has 2 N–H and O–H groups in total. The second-order valence-corrected chi connectivity index (χ2v) is 9.65. The first-order valence-corrected chi connectivity index (χ1v) is 11.5. The highest BCUT2D eigenvalue weighted by Crippen LogP contribution is 2.25. The van der Waals surface area contributed by atoms with Gasteiger partial charge in [0, 0.05) is 24.7 Å². The molecule has 1 fully saturated rings. The lowest BCUT2D eigenvalue weighted by molar-refractivity contribution is 0.0633. The van der Waals surface area contributed by atoms with Crippen molar-refractivity contribution in [1.82, 2.24) is 10.2 Å². The Bertz CT molecular complexity index is 1100. The lowest BCUT2D eigenvalue weighted by Gasteiger charge is -2.33. The molecular formula is C28H33N3O. The molecule has 4 nitrogen and oxygen atoms in total. The average Bonchev–Trinajstić information content (AvgIpc) is 3.25. The van der Waals surface area contributed by atoms with Gasteiger partial charge in [-0.25, -0.2) is 4.85 Å². The van der Waals surface area contributed by atoms with E-state index in [1.54, 1.807) is 0 Å². The number of hydrogen-bond donors (Lipinski definition) is 2. The zero-order valence-corrected chi connectivity index (χ0v) is 19.1. The van der Waals surface area contributed by atoms with E-state index in [0.29, 0.717) is 12.2 Å². The van der Waals surface area contributed by atoms with Crippen LogP contribution in [0.5, 0.6) is 0 Å². The van der Waals surface area contributed by atoms with Crippen LogP contribution in [0.2, 0.25) is 0 Å². The Labute approximate surface area is 191 Å². The van der Waals surface area contributed by atoms with Crippen LogP contribution in [0.3, 0.4) is 0 Å². The summed E-state index contributed by atoms with van der Waals surface area (Å²) in [4.78, 5) is 5.91. The predicted octanol–water partition coefficient (Wildman–Crippen LogP) is 5.33. The number of hydrogen-bond acceptors (Lipinski definition) is 3. The summed E-state index contributed by atoms with van der Waals surface area (Å²) in [5.74, 6) is 0. The van der Waals surface area contributed by atoms with Gasteiger partial charge in [0.15, 0.2) is 5.69 Å². The number of nitrogens with zero attached hydrogens (tertiary/aromatic N) is 2. The molecule has 1 aliphatic heterocycles. The highest BCUT2D eigenvalue weighted by molar-refractivity contribution is 5.83. The van der Waals surface area contributed by atoms with E-state index < -0.39 is 6.10 Å². The molecule has 0 amide bonds. The molecule has 0 saturated carbocycles. The number of nitrogens with one attached hydrogen (secondary N) is 1. The maximum atomic E-state index is 11.0. The highest BCUT2D eigenvalue weighted by Gasteiger charge is 2.31. The molecule has 0 spiro atoms. The van der Waals surface area contributed by atoms with Gasteiger partial charge in [-0.2, -0.15) is 0 Å². The van der Waals surface area contributed by atoms with Crippen LogP contribution in [0, 0.1) is 6.57 Å². The van der Waals surface area contributed by atoms with E-state index in [9.17, 15) is 5.11 Å². The summed E-state index contributed by atoms with van der Waals surface area (Å²) in [6.07, 6.45) is 2.60. The molecular weight excluding hydrogens is 394 g/mol. The molecule has 1 heterocycles. The van der Waals surface area contributed by atoms with Crippen molar-refractivity contribution in [2.75, 3.05) is 13.1 Å². The standard InChI is InChI=1S/C28H33N3O/c1-28(2,18-21-13-14-23-9-4-5-10-24(23)16-21)30-19-27(32)26-12-7-15-31(26)20-22-8-6-11-25(17-22)29-3/h4-6,8-11,13-14,16-17,26-27,30,32H,7,12,15,18-20H2,1-2H3. The molecule has 0 bridgehead atoms. The first-order chi connectivity index (χ1) is 15.4. The number of fused-ring (bicyclic) bond motifs is 1. The highest BCUT2D eigenvalue weighted by atomic mass is 16.3. The van der Waals surface area contributed by atoms with Crippen molar-refractivity contribution in [3.63, 3.8) is 0 Å². The summed E-state index contributed by atoms with van der Waals surface area (Å²) < 4.78 is 0. The molecule has 1 aliphatic rings. The third kappa shape index (κ3) is 5.55. The summed E-state index contributed by atoms with van der Waals surface area (Å²) in [6.45, 7) is 14.0. The van der Waals surface area contributed by atoms with E-state index in [2.05, 4.69) is 77.4 Å². The quantitative estimate of drug-likeness (QED) is 0.478. The maximum Gasteiger partial charge on any atom is 0.187 e. The van der Waals surface area contributed by atoms with Crippen molar-refractivity contribution in [3.05, 3.63) is 89.3 Å². The Morgan fingerprint density at radius 3 is 2.69 bits per heavy atom. The van der Waals surface area contributed by atoms with E-state index in [0.717, 1.165) is 37.9 Å². The first kappa shape index (κ1) is 22.5. The molecule has 0 radical (unpaired) electrons. The molecule has 166 valence electrons. The summed E-state index contributed by atoms with van der Waals surface area (Å²) in [6, 6.07) is 23.1. The van der Waals surface area contributed by atoms with Crippen molar-refractivity contribution in [2.45, 2.75) is 57.3 Å². The van der Waals surface area contributed by atoms with Gasteiger partial charge in [-0.3, -0.25) is 4.90 Å². The van der Waals surface area contributed by atoms with Gasteiger partial charge in [0.2, 0.25) is 0 Å². The summed E-state index contributed by atoms with van der Waals surface area (Å²) >= 11 is 0. The van der Waals surface area contributed by atoms with E-state index in [4.69, 9.17) is 6.57 Å². The minimum Gasteiger partial charge on any atom is -0.390 e. The average molecular weight is 428 g/mol. The van der Waals surface area contributed by atoms with Crippen molar-refractivity contribution in [1.29, 1.82) is 0 Å². The van der Waals surface area contributed by atoms with Crippen LogP contribution < -0.4 is 5.32 Å². The van der Waals surface area contributed by atoms with Crippen molar-refractivity contribution >= 4 is 16.5 Å². The van der Waals surface area contributed by atoms with Gasteiger partial charge in [-0.15, -0.1) is 0 Å². The summed E-state index contributed by atoms with van der Waals surface area (Å²) in [7, 11) is 0. The molecule has 3 aromatic rings. The smallest absolute Gasteiger partial charge is 0.187 e. The van der Waals surface area contributed by atoms with Gasteiger partial charge in [0.1, 0.15) is 0 Å². The Morgan fingerprint density at radius 1 is 1.06 bits per heavy atom. The number of β-amino-alcohol motifs (C(OH)–C–C–N with tert-alkyl or cyclic N) is 1. The van der Waals surface area contributed by atoms with Crippen LogP contribution in [0.4, 0.5) is 5.69 Å². The third-order valence-electron chi connectivity index (χ3n) is 6.53. The van der Waals surface area contributed by atoms with E-state index in [1.165, 1.54) is 16.3 Å². The molecule has 3 aromatic carbocycles. The van der Waals surface area contributed by atoms with Crippen LogP contribution in [0.25, 0.3) is 15.6 Å². The van der Waals surface area contributed by atoms with Crippen LogP contribution in [0.1, 0.15) is 37.8 Å². The van der Waals surface area contributed by atoms with Gasteiger partial charge in [-0.05, 0) is 61.6 Å². The number of aliphatic hydroxyl groups is 1.